The van der Waals surface area contributed by atoms with Crippen LogP contribution in [-0.2, 0) is 15.1 Å². The molecule has 4 aromatic rings. The molecule has 0 saturated carbocycles. The van der Waals surface area contributed by atoms with E-state index in [1.54, 1.807) is 29.6 Å². The van der Waals surface area contributed by atoms with Gasteiger partial charge in [0.15, 0.2) is 12.3 Å². The van der Waals surface area contributed by atoms with Gasteiger partial charge < -0.3 is 18.9 Å². The quantitative estimate of drug-likeness (QED) is 0.275. The zero-order valence-corrected chi connectivity index (χ0v) is 22.6. The predicted molar refractivity (Wildman–Crippen MR) is 150 cm³/mol. The number of fused-ring (bicyclic) bond motifs is 3. The van der Waals surface area contributed by atoms with Crippen molar-refractivity contribution in [3.8, 4) is 11.8 Å². The molecule has 200 valence electrons. The predicted octanol–water partition coefficient (Wildman–Crippen LogP) is 5.04. The smallest absolute Gasteiger partial charge is 0.302 e. The summed E-state index contributed by atoms with van der Waals surface area (Å²) < 4.78 is 27.1. The summed E-state index contributed by atoms with van der Waals surface area (Å²) in [4.78, 5) is 15.8. The van der Waals surface area contributed by atoms with E-state index < -0.39 is 5.60 Å². The van der Waals surface area contributed by atoms with Gasteiger partial charge in [0.25, 0.3) is 5.56 Å². The van der Waals surface area contributed by atoms with E-state index in [0.29, 0.717) is 12.6 Å². The van der Waals surface area contributed by atoms with Crippen molar-refractivity contribution in [2.45, 2.75) is 36.2 Å². The number of hydrogen-bond acceptors (Lipinski definition) is 7. The molecule has 2 aliphatic heterocycles. The van der Waals surface area contributed by atoms with Crippen molar-refractivity contribution in [1.82, 2.24) is 9.55 Å². The van der Waals surface area contributed by atoms with Gasteiger partial charge in [0.2, 0.25) is 0 Å². The first-order valence-electron chi connectivity index (χ1n) is 13.1. The van der Waals surface area contributed by atoms with E-state index in [9.17, 15) is 4.79 Å². The van der Waals surface area contributed by atoms with Gasteiger partial charge in [-0.25, -0.2) is 0 Å². The molecular formula is C31H30N2O5S. The minimum absolute atomic E-state index is 0.00286. The molecule has 2 aliphatic rings. The molecule has 4 atom stereocenters. The fraction of sp³-hybridized carbons (Fsp3) is 0.290. The number of aromatic nitrogens is 2. The van der Waals surface area contributed by atoms with Crippen LogP contribution in [0.4, 0.5) is 0 Å². The van der Waals surface area contributed by atoms with Crippen LogP contribution < -0.4 is 15.0 Å². The first-order valence-corrected chi connectivity index (χ1v) is 14.1. The van der Waals surface area contributed by atoms with Crippen LogP contribution in [0.2, 0.25) is 0 Å². The summed E-state index contributed by atoms with van der Waals surface area (Å²) in [7, 11) is 1.67. The summed E-state index contributed by atoms with van der Waals surface area (Å²) >= 11 is 1.78. The lowest BCUT2D eigenvalue weighted by Crippen LogP contribution is -2.39. The van der Waals surface area contributed by atoms with E-state index in [1.165, 1.54) is 6.07 Å². The van der Waals surface area contributed by atoms with Gasteiger partial charge in [0.05, 0.1) is 25.1 Å². The number of nitrogens with zero attached hydrogens (tertiary/aromatic N) is 2. The van der Waals surface area contributed by atoms with Crippen molar-refractivity contribution < 1.29 is 18.9 Å². The number of methoxy groups -OCH3 is 1. The van der Waals surface area contributed by atoms with Crippen molar-refractivity contribution >= 4 is 11.8 Å². The van der Waals surface area contributed by atoms with Crippen LogP contribution in [0.5, 0.6) is 11.8 Å². The highest BCUT2D eigenvalue weighted by atomic mass is 32.2. The minimum atomic E-state index is -0.887. The second-order valence-electron chi connectivity index (χ2n) is 9.48. The summed E-state index contributed by atoms with van der Waals surface area (Å²) in [6.45, 7) is 2.45. The molecule has 0 aliphatic carbocycles. The third-order valence-electron chi connectivity index (χ3n) is 7.29. The monoisotopic (exact) mass is 542 g/mol. The Balaban J connectivity index is 1.39. The molecule has 0 amide bonds. The summed E-state index contributed by atoms with van der Waals surface area (Å²) in [6.07, 6.45) is 0.820. The summed E-state index contributed by atoms with van der Waals surface area (Å²) in [5, 5.41) is -0.00286. The second-order valence-corrected chi connectivity index (χ2v) is 10.9. The van der Waals surface area contributed by atoms with Crippen LogP contribution in [0.15, 0.2) is 102 Å². The van der Waals surface area contributed by atoms with Gasteiger partial charge in [0, 0.05) is 12.3 Å². The van der Waals surface area contributed by atoms with Gasteiger partial charge in [-0.05, 0) is 34.6 Å². The fourth-order valence-corrected chi connectivity index (χ4v) is 6.64. The molecule has 7 nitrogen and oxygen atoms in total. The molecule has 0 bridgehead atoms. The first-order chi connectivity index (χ1) is 19.1. The van der Waals surface area contributed by atoms with Gasteiger partial charge in [-0.3, -0.25) is 9.36 Å². The molecule has 3 heterocycles. The van der Waals surface area contributed by atoms with E-state index in [4.69, 9.17) is 18.9 Å². The van der Waals surface area contributed by atoms with Crippen LogP contribution in [-0.4, -0.2) is 46.5 Å². The number of rotatable bonds is 9. The third kappa shape index (κ3) is 4.62. The van der Waals surface area contributed by atoms with E-state index >= 15 is 0 Å². The first kappa shape index (κ1) is 25.7. The molecule has 0 N–H and O–H groups in total. The van der Waals surface area contributed by atoms with Gasteiger partial charge >= 0.3 is 6.01 Å². The lowest BCUT2D eigenvalue weighted by atomic mass is 9.80. The highest BCUT2D eigenvalue weighted by molar-refractivity contribution is 8.00. The highest BCUT2D eigenvalue weighted by Crippen LogP contribution is 2.46. The summed E-state index contributed by atoms with van der Waals surface area (Å²) in [6, 6.07) is 30.3. The van der Waals surface area contributed by atoms with Crippen molar-refractivity contribution in [2.24, 2.45) is 0 Å². The Morgan fingerprint density at radius 3 is 2.18 bits per heavy atom. The van der Waals surface area contributed by atoms with Crippen LogP contribution in [0.25, 0.3) is 0 Å². The Labute approximate surface area is 231 Å². The number of benzene rings is 3. The normalized spacial score (nSPS) is 21.7. The number of ether oxygens (including phenoxy) is 4. The van der Waals surface area contributed by atoms with Crippen molar-refractivity contribution in [3.05, 3.63) is 124 Å². The molecule has 1 aromatic heterocycles. The summed E-state index contributed by atoms with van der Waals surface area (Å²) in [5.41, 5.74) is 1.81. The van der Waals surface area contributed by atoms with Gasteiger partial charge in [-0.2, -0.15) is 16.7 Å². The average Bonchev–Trinajstić information content (AvgIpc) is 3.50. The molecule has 0 spiro atoms. The minimum Gasteiger partial charge on any atom is -0.497 e. The molecule has 1 fully saturated rings. The third-order valence-corrected chi connectivity index (χ3v) is 8.58. The highest BCUT2D eigenvalue weighted by Gasteiger charge is 2.52. The van der Waals surface area contributed by atoms with Gasteiger partial charge in [-0.1, -0.05) is 79.7 Å². The fourth-order valence-electron chi connectivity index (χ4n) is 5.51. The Morgan fingerprint density at radius 1 is 0.923 bits per heavy atom. The zero-order valence-electron chi connectivity index (χ0n) is 21.8. The van der Waals surface area contributed by atoms with E-state index in [1.807, 2.05) is 48.5 Å². The van der Waals surface area contributed by atoms with E-state index in [-0.39, 0.29) is 29.2 Å². The van der Waals surface area contributed by atoms with Gasteiger partial charge in [-0.15, -0.1) is 0 Å². The summed E-state index contributed by atoms with van der Waals surface area (Å²) in [5.74, 6) is 1.67. The molecule has 0 unspecified atom stereocenters. The Hall–Kier alpha value is -3.59. The van der Waals surface area contributed by atoms with Crippen molar-refractivity contribution in [3.63, 3.8) is 0 Å². The number of hydrogen-bond donors (Lipinski definition) is 0. The Kier molecular flexibility index (Phi) is 7.16. The molecule has 3 aromatic carbocycles. The number of thioether (sulfide) groups is 1. The largest absolute Gasteiger partial charge is 0.497 e. The molecule has 1 saturated heterocycles. The SMILES string of the molecule is CCS[C@@H]1[C@@H]2Oc3nc(=O)ccn3[C@@H]2O[C@@H]1COC(c1ccccc1)(c1ccccc1)c1ccc(OC)cc1. The maximum Gasteiger partial charge on any atom is 0.302 e. The van der Waals surface area contributed by atoms with Crippen LogP contribution in [0.1, 0.15) is 29.8 Å². The van der Waals surface area contributed by atoms with Crippen LogP contribution in [0, 0.1) is 0 Å². The maximum absolute atomic E-state index is 11.8. The van der Waals surface area contributed by atoms with Crippen molar-refractivity contribution in [2.75, 3.05) is 19.5 Å². The van der Waals surface area contributed by atoms with Gasteiger partial charge in [0.1, 0.15) is 11.4 Å². The Morgan fingerprint density at radius 2 is 1.56 bits per heavy atom. The maximum atomic E-state index is 11.8. The lowest BCUT2D eigenvalue weighted by Gasteiger charge is -2.37. The molecule has 8 heteroatoms. The second kappa shape index (κ2) is 10.9. The van der Waals surface area contributed by atoms with E-state index in [0.717, 1.165) is 28.2 Å². The Bertz CT molecular complexity index is 1420. The molecule has 0 radical (unpaired) electrons. The molecule has 39 heavy (non-hydrogen) atoms. The average molecular weight is 543 g/mol. The van der Waals surface area contributed by atoms with E-state index in [2.05, 4.69) is 48.3 Å². The lowest BCUT2D eigenvalue weighted by molar-refractivity contribution is -0.0759. The topological polar surface area (TPSA) is 71.8 Å². The zero-order chi connectivity index (χ0) is 26.8. The molecule has 6 rings (SSSR count). The van der Waals surface area contributed by atoms with Crippen molar-refractivity contribution in [1.29, 1.82) is 0 Å². The van der Waals surface area contributed by atoms with Crippen LogP contribution >= 0.6 is 11.8 Å². The van der Waals surface area contributed by atoms with Crippen LogP contribution in [0.3, 0.4) is 0 Å². The molecular weight excluding hydrogens is 512 g/mol. The standard InChI is InChI=1S/C31H30N2O5S/c1-3-39-28-25(37-29-27(28)38-30-32-26(34)18-19-33(29)30)20-36-31(21-10-6-4-7-11-21,22-12-8-5-9-13-22)23-14-16-24(35-2)17-15-23/h4-19,25,27-29H,3,20H2,1-2H3/t25-,27+,28+,29-/m1/s1.